The molecule has 3 rings (SSSR count). The number of nitrogens with zero attached hydrogens (tertiary/aromatic N) is 4. The molecule has 7 heteroatoms. The van der Waals surface area contributed by atoms with Gasteiger partial charge in [-0.25, -0.2) is 4.98 Å². The summed E-state index contributed by atoms with van der Waals surface area (Å²) in [7, 11) is 1.89. The SMILES string of the molecule is CSC(C)C(=O)N1CCCCC1c1ncc(-c2cnn(C)c2)[nH]1. The number of rotatable bonds is 4. The van der Waals surface area contributed by atoms with Crippen LogP contribution in [0.1, 0.15) is 38.1 Å². The van der Waals surface area contributed by atoms with Crippen LogP contribution in [0.4, 0.5) is 0 Å². The summed E-state index contributed by atoms with van der Waals surface area (Å²) in [5.74, 6) is 1.09. The normalized spacial score (nSPS) is 19.8. The molecule has 2 aromatic heterocycles. The summed E-state index contributed by atoms with van der Waals surface area (Å²) in [4.78, 5) is 22.6. The van der Waals surface area contributed by atoms with Crippen molar-refractivity contribution in [2.45, 2.75) is 37.5 Å². The van der Waals surface area contributed by atoms with Gasteiger partial charge in [0.15, 0.2) is 0 Å². The fraction of sp³-hybridized carbons (Fsp3) is 0.562. The van der Waals surface area contributed by atoms with Gasteiger partial charge in [-0.3, -0.25) is 9.48 Å². The van der Waals surface area contributed by atoms with E-state index >= 15 is 0 Å². The highest BCUT2D eigenvalue weighted by Gasteiger charge is 2.32. The summed E-state index contributed by atoms with van der Waals surface area (Å²) in [5, 5.41) is 4.18. The van der Waals surface area contributed by atoms with E-state index in [0.717, 1.165) is 42.9 Å². The Hall–Kier alpha value is -1.76. The summed E-state index contributed by atoms with van der Waals surface area (Å²) in [6.07, 6.45) is 10.8. The standard InChI is InChI=1S/C16H23N5OS/c1-11(23-3)16(22)21-7-5-4-6-14(21)15-17-9-13(19-15)12-8-18-20(2)10-12/h8-11,14H,4-7H2,1-3H3,(H,17,19). The van der Waals surface area contributed by atoms with E-state index in [1.807, 2.05) is 43.7 Å². The summed E-state index contributed by atoms with van der Waals surface area (Å²) in [6, 6.07) is 0.0521. The highest BCUT2D eigenvalue weighted by atomic mass is 32.2. The average molecular weight is 333 g/mol. The Bertz CT molecular complexity index is 680. The Kier molecular flexibility index (Phi) is 4.75. The maximum absolute atomic E-state index is 12.6. The van der Waals surface area contributed by atoms with Gasteiger partial charge >= 0.3 is 0 Å². The summed E-state index contributed by atoms with van der Waals surface area (Å²) in [6.45, 7) is 2.79. The number of amides is 1. The molecular weight excluding hydrogens is 310 g/mol. The monoisotopic (exact) mass is 333 g/mol. The van der Waals surface area contributed by atoms with E-state index in [0.29, 0.717) is 0 Å². The van der Waals surface area contributed by atoms with Crippen molar-refractivity contribution in [1.29, 1.82) is 0 Å². The number of hydrogen-bond acceptors (Lipinski definition) is 4. The Morgan fingerprint density at radius 1 is 1.43 bits per heavy atom. The maximum Gasteiger partial charge on any atom is 0.236 e. The van der Waals surface area contributed by atoms with E-state index < -0.39 is 0 Å². The van der Waals surface area contributed by atoms with Crippen molar-refractivity contribution in [2.24, 2.45) is 7.05 Å². The molecule has 1 fully saturated rings. The van der Waals surface area contributed by atoms with E-state index in [1.54, 1.807) is 16.4 Å². The fourth-order valence-electron chi connectivity index (χ4n) is 3.03. The molecule has 1 aliphatic rings. The summed E-state index contributed by atoms with van der Waals surface area (Å²) < 4.78 is 1.77. The topological polar surface area (TPSA) is 66.8 Å². The molecule has 2 aromatic rings. The van der Waals surface area contributed by atoms with E-state index in [-0.39, 0.29) is 17.2 Å². The number of aromatic nitrogens is 4. The molecule has 1 N–H and O–H groups in total. The minimum absolute atomic E-state index is 0.0108. The van der Waals surface area contributed by atoms with Crippen LogP contribution in [0.25, 0.3) is 11.3 Å². The molecule has 1 saturated heterocycles. The Morgan fingerprint density at radius 2 is 2.26 bits per heavy atom. The molecule has 3 heterocycles. The zero-order valence-electron chi connectivity index (χ0n) is 13.8. The number of carbonyl (C=O) groups excluding carboxylic acids is 1. The van der Waals surface area contributed by atoms with Gasteiger partial charge in [-0.1, -0.05) is 0 Å². The Morgan fingerprint density at radius 3 is 2.96 bits per heavy atom. The highest BCUT2D eigenvalue weighted by molar-refractivity contribution is 7.99. The lowest BCUT2D eigenvalue weighted by molar-refractivity contribution is -0.134. The van der Waals surface area contributed by atoms with Gasteiger partial charge in [-0.05, 0) is 32.4 Å². The van der Waals surface area contributed by atoms with Gasteiger partial charge in [0.25, 0.3) is 0 Å². The molecule has 23 heavy (non-hydrogen) atoms. The van der Waals surface area contributed by atoms with Gasteiger partial charge in [-0.15, -0.1) is 0 Å². The first-order chi connectivity index (χ1) is 11.1. The third kappa shape index (κ3) is 3.29. The van der Waals surface area contributed by atoms with Crippen molar-refractivity contribution in [3.8, 4) is 11.3 Å². The molecular formula is C16H23N5OS. The van der Waals surface area contributed by atoms with Crippen LogP contribution in [-0.2, 0) is 11.8 Å². The van der Waals surface area contributed by atoms with E-state index in [4.69, 9.17) is 0 Å². The van der Waals surface area contributed by atoms with Crippen LogP contribution >= 0.6 is 11.8 Å². The molecule has 2 unspecified atom stereocenters. The van der Waals surface area contributed by atoms with E-state index in [1.165, 1.54) is 0 Å². The van der Waals surface area contributed by atoms with Crippen molar-refractivity contribution < 1.29 is 4.79 Å². The number of piperidine rings is 1. The maximum atomic E-state index is 12.6. The third-order valence-electron chi connectivity index (χ3n) is 4.41. The van der Waals surface area contributed by atoms with E-state index in [2.05, 4.69) is 15.1 Å². The summed E-state index contributed by atoms with van der Waals surface area (Å²) in [5.41, 5.74) is 1.96. The zero-order chi connectivity index (χ0) is 16.4. The van der Waals surface area contributed by atoms with Gasteiger partial charge in [0.1, 0.15) is 5.82 Å². The molecule has 0 saturated carbocycles. The lowest BCUT2D eigenvalue weighted by atomic mass is 10.0. The Balaban J connectivity index is 1.83. The predicted octanol–water partition coefficient (Wildman–Crippen LogP) is 2.62. The van der Waals surface area contributed by atoms with Gasteiger partial charge in [0.05, 0.1) is 29.4 Å². The number of nitrogens with one attached hydrogen (secondary N) is 1. The molecule has 0 radical (unpaired) electrons. The minimum Gasteiger partial charge on any atom is -0.340 e. The zero-order valence-corrected chi connectivity index (χ0v) is 14.6. The van der Waals surface area contributed by atoms with Crippen LogP contribution in [0, 0.1) is 0 Å². The van der Waals surface area contributed by atoms with Gasteiger partial charge < -0.3 is 9.88 Å². The second kappa shape index (κ2) is 6.78. The molecule has 0 aromatic carbocycles. The van der Waals surface area contributed by atoms with Crippen LogP contribution in [0.2, 0.25) is 0 Å². The van der Waals surface area contributed by atoms with Crippen LogP contribution in [-0.4, -0.2) is 48.6 Å². The Labute approximate surface area is 140 Å². The van der Waals surface area contributed by atoms with Crippen LogP contribution < -0.4 is 0 Å². The number of hydrogen-bond donors (Lipinski definition) is 1. The van der Waals surface area contributed by atoms with Crippen molar-refractivity contribution in [3.05, 3.63) is 24.4 Å². The quantitative estimate of drug-likeness (QED) is 0.934. The lowest BCUT2D eigenvalue weighted by Gasteiger charge is -2.36. The fourth-order valence-corrected chi connectivity index (χ4v) is 3.36. The number of aryl methyl sites for hydroxylation is 1. The van der Waals surface area contributed by atoms with Crippen molar-refractivity contribution in [2.75, 3.05) is 12.8 Å². The van der Waals surface area contributed by atoms with Crippen molar-refractivity contribution in [1.82, 2.24) is 24.6 Å². The largest absolute Gasteiger partial charge is 0.340 e. The highest BCUT2D eigenvalue weighted by Crippen LogP contribution is 2.32. The molecule has 124 valence electrons. The van der Waals surface area contributed by atoms with Crippen molar-refractivity contribution >= 4 is 17.7 Å². The number of H-pyrrole nitrogens is 1. The number of carbonyl (C=O) groups is 1. The molecule has 0 bridgehead atoms. The number of aromatic amines is 1. The first-order valence-corrected chi connectivity index (χ1v) is 9.26. The predicted molar refractivity (Wildman–Crippen MR) is 92.1 cm³/mol. The molecule has 0 aliphatic carbocycles. The first-order valence-electron chi connectivity index (χ1n) is 7.97. The van der Waals surface area contributed by atoms with Crippen LogP contribution in [0.15, 0.2) is 18.6 Å². The third-order valence-corrected chi connectivity index (χ3v) is 5.32. The van der Waals surface area contributed by atoms with Crippen LogP contribution in [0.5, 0.6) is 0 Å². The molecule has 1 aliphatic heterocycles. The number of thioether (sulfide) groups is 1. The van der Waals surface area contributed by atoms with Gasteiger partial charge in [0.2, 0.25) is 5.91 Å². The van der Waals surface area contributed by atoms with Crippen molar-refractivity contribution in [3.63, 3.8) is 0 Å². The molecule has 1 amide bonds. The lowest BCUT2D eigenvalue weighted by Crippen LogP contribution is -2.42. The van der Waals surface area contributed by atoms with Gasteiger partial charge in [0, 0.05) is 25.4 Å². The molecule has 0 spiro atoms. The second-order valence-corrected chi connectivity index (χ2v) is 7.18. The smallest absolute Gasteiger partial charge is 0.236 e. The molecule has 6 nitrogen and oxygen atoms in total. The van der Waals surface area contributed by atoms with Gasteiger partial charge in [-0.2, -0.15) is 16.9 Å². The number of likely N-dealkylation sites (tertiary alicyclic amines) is 1. The van der Waals surface area contributed by atoms with E-state index in [9.17, 15) is 4.79 Å². The first kappa shape index (κ1) is 16.1. The average Bonchev–Trinajstić information content (AvgIpc) is 3.22. The molecule has 2 atom stereocenters. The summed E-state index contributed by atoms with van der Waals surface area (Å²) >= 11 is 1.60. The number of imidazole rings is 1. The minimum atomic E-state index is -0.0108. The van der Waals surface area contributed by atoms with Crippen LogP contribution in [0.3, 0.4) is 0 Å². The second-order valence-electron chi connectivity index (χ2n) is 6.01.